The second-order valence-corrected chi connectivity index (χ2v) is 8.76. The number of piperidine rings is 1. The Morgan fingerprint density at radius 2 is 1.93 bits per heavy atom. The topological polar surface area (TPSA) is 58.1 Å². The van der Waals surface area contributed by atoms with Crippen molar-refractivity contribution in [2.45, 2.75) is 37.1 Å². The molecule has 3 atom stereocenters. The van der Waals surface area contributed by atoms with Crippen molar-refractivity contribution < 1.29 is 13.6 Å². The first-order chi connectivity index (χ1) is 14.1. The fourth-order valence-corrected chi connectivity index (χ4v) is 5.56. The molecule has 5 nitrogen and oxygen atoms in total. The molecule has 3 aliphatic rings. The van der Waals surface area contributed by atoms with Gasteiger partial charge in [-0.05, 0) is 49.4 Å². The predicted octanol–water partition coefficient (Wildman–Crippen LogP) is 3.58. The van der Waals surface area contributed by atoms with Crippen LogP contribution in [0.2, 0.25) is 0 Å². The van der Waals surface area contributed by atoms with Crippen LogP contribution in [0.4, 0.5) is 8.78 Å². The van der Waals surface area contributed by atoms with Crippen LogP contribution in [0.25, 0.3) is 5.70 Å². The van der Waals surface area contributed by atoms with Gasteiger partial charge in [0.15, 0.2) is 11.6 Å². The number of fused-ring (bicyclic) bond motifs is 2. The van der Waals surface area contributed by atoms with Crippen LogP contribution in [-0.2, 0) is 6.42 Å². The minimum absolute atomic E-state index is 0.00486. The highest BCUT2D eigenvalue weighted by Crippen LogP contribution is 2.38. The summed E-state index contributed by atoms with van der Waals surface area (Å²) >= 11 is 1.65. The molecular weight excluding hydrogens is 394 g/mol. The third-order valence-electron chi connectivity index (χ3n) is 5.97. The first-order valence-corrected chi connectivity index (χ1v) is 10.7. The molecule has 4 heterocycles. The largest absolute Gasteiger partial charge is 0.369 e. The maximum atomic E-state index is 13.6. The highest BCUT2D eigenvalue weighted by molar-refractivity contribution is 8.03. The van der Waals surface area contributed by atoms with Crippen molar-refractivity contribution in [3.8, 4) is 0 Å². The van der Waals surface area contributed by atoms with Crippen LogP contribution in [0.1, 0.15) is 41.0 Å². The SMILES string of the molecule is O=C1c2ccc(F)cc2CC[C@@H]2CC[C@H](C3NC(c4ncc(F)cn4)=CS3)CN12. The third-order valence-corrected chi connectivity index (χ3v) is 7.14. The molecule has 8 heteroatoms. The Morgan fingerprint density at radius 1 is 1.10 bits per heavy atom. The Labute approximate surface area is 171 Å². The summed E-state index contributed by atoms with van der Waals surface area (Å²) in [5.74, 6) is -0.00397. The number of aromatic nitrogens is 2. The lowest BCUT2D eigenvalue weighted by atomic mass is 9.90. The van der Waals surface area contributed by atoms with Crippen LogP contribution in [-0.4, -0.2) is 38.7 Å². The van der Waals surface area contributed by atoms with E-state index >= 15 is 0 Å². The van der Waals surface area contributed by atoms with E-state index in [1.54, 1.807) is 17.8 Å². The minimum atomic E-state index is -0.463. The summed E-state index contributed by atoms with van der Waals surface area (Å²) in [5, 5.41) is 5.52. The molecule has 0 bridgehead atoms. The number of carbonyl (C=O) groups excluding carboxylic acids is 1. The molecule has 1 saturated heterocycles. The molecule has 5 rings (SSSR count). The molecule has 150 valence electrons. The number of hydrogen-bond donors (Lipinski definition) is 1. The van der Waals surface area contributed by atoms with Gasteiger partial charge in [-0.15, -0.1) is 11.8 Å². The van der Waals surface area contributed by atoms with E-state index in [1.165, 1.54) is 12.1 Å². The van der Waals surface area contributed by atoms with Gasteiger partial charge in [0, 0.05) is 29.5 Å². The van der Waals surface area contributed by atoms with Crippen molar-refractivity contribution in [2.75, 3.05) is 6.54 Å². The zero-order valence-electron chi connectivity index (χ0n) is 15.6. The summed E-state index contributed by atoms with van der Waals surface area (Å²) < 4.78 is 26.7. The van der Waals surface area contributed by atoms with Crippen LogP contribution >= 0.6 is 11.8 Å². The van der Waals surface area contributed by atoms with Gasteiger partial charge in [-0.2, -0.15) is 0 Å². The number of rotatable bonds is 2. The molecule has 3 aliphatic heterocycles. The standard InChI is InChI=1S/C21H20F2N4OS/c22-14-3-6-17-12(7-14)1-4-16-5-2-13(10-27(16)21(17)28)20-26-18(11-29-20)19-24-8-15(23)9-25-19/h3,6-9,11,13,16,20,26H,1-2,4-5,10H2/t13-,16+,20?/m0/s1. The van der Waals surface area contributed by atoms with Gasteiger partial charge in [-0.3, -0.25) is 4.79 Å². The molecular formula is C21H20F2N4OS. The van der Waals surface area contributed by atoms with Crippen LogP contribution in [0.5, 0.6) is 0 Å². The zero-order chi connectivity index (χ0) is 20.0. The van der Waals surface area contributed by atoms with Gasteiger partial charge in [0.25, 0.3) is 5.91 Å². The average Bonchev–Trinajstić information content (AvgIpc) is 3.18. The van der Waals surface area contributed by atoms with Crippen molar-refractivity contribution >= 4 is 23.4 Å². The predicted molar refractivity (Wildman–Crippen MR) is 107 cm³/mol. The smallest absolute Gasteiger partial charge is 0.254 e. The van der Waals surface area contributed by atoms with Gasteiger partial charge >= 0.3 is 0 Å². The van der Waals surface area contributed by atoms with Crippen LogP contribution < -0.4 is 5.32 Å². The van der Waals surface area contributed by atoms with Gasteiger partial charge < -0.3 is 10.2 Å². The molecule has 1 unspecified atom stereocenters. The Kier molecular flexibility index (Phi) is 4.73. The average molecular weight is 414 g/mol. The van der Waals surface area contributed by atoms with E-state index in [4.69, 9.17) is 0 Å². The third kappa shape index (κ3) is 3.50. The molecule has 0 saturated carbocycles. The number of nitrogens with zero attached hydrogens (tertiary/aromatic N) is 3. The summed E-state index contributed by atoms with van der Waals surface area (Å²) in [4.78, 5) is 23.2. The van der Waals surface area contributed by atoms with Crippen molar-refractivity contribution in [2.24, 2.45) is 5.92 Å². The molecule has 2 aromatic rings. The molecule has 1 N–H and O–H groups in total. The van der Waals surface area contributed by atoms with Gasteiger partial charge in [0.2, 0.25) is 0 Å². The number of nitrogens with one attached hydrogen (secondary N) is 1. The summed E-state index contributed by atoms with van der Waals surface area (Å²) in [6.45, 7) is 0.663. The van der Waals surface area contributed by atoms with Crippen LogP contribution in [0.15, 0.2) is 36.0 Å². The Bertz CT molecular complexity index is 981. The van der Waals surface area contributed by atoms with E-state index in [9.17, 15) is 13.6 Å². The van der Waals surface area contributed by atoms with Crippen LogP contribution in [0.3, 0.4) is 0 Å². The quantitative estimate of drug-likeness (QED) is 0.814. The minimum Gasteiger partial charge on any atom is -0.369 e. The first kappa shape index (κ1) is 18.5. The zero-order valence-corrected chi connectivity index (χ0v) is 16.5. The molecule has 1 amide bonds. The van der Waals surface area contributed by atoms with E-state index in [2.05, 4.69) is 15.3 Å². The fourth-order valence-electron chi connectivity index (χ4n) is 4.47. The second-order valence-electron chi connectivity index (χ2n) is 7.75. The summed E-state index contributed by atoms with van der Waals surface area (Å²) in [6.07, 6.45) is 5.86. The van der Waals surface area contributed by atoms with Gasteiger partial charge in [-0.1, -0.05) is 0 Å². The number of aryl methyl sites for hydroxylation is 1. The van der Waals surface area contributed by atoms with Crippen molar-refractivity contribution in [1.82, 2.24) is 20.2 Å². The maximum absolute atomic E-state index is 13.6. The lowest BCUT2D eigenvalue weighted by Crippen LogP contribution is -2.49. The van der Waals surface area contributed by atoms with E-state index < -0.39 is 5.82 Å². The molecule has 1 aromatic carbocycles. The van der Waals surface area contributed by atoms with E-state index in [1.807, 2.05) is 10.3 Å². The molecule has 0 radical (unpaired) electrons. The van der Waals surface area contributed by atoms with Gasteiger partial charge in [0.05, 0.1) is 23.5 Å². The number of thioether (sulfide) groups is 1. The Morgan fingerprint density at radius 3 is 2.76 bits per heavy atom. The van der Waals surface area contributed by atoms with E-state index in [0.717, 1.165) is 49.3 Å². The lowest BCUT2D eigenvalue weighted by molar-refractivity contribution is 0.0528. The normalized spacial score (nSPS) is 26.3. The molecule has 1 fully saturated rings. The number of hydrogen-bond acceptors (Lipinski definition) is 5. The molecule has 29 heavy (non-hydrogen) atoms. The Balaban J connectivity index is 1.31. The monoisotopic (exact) mass is 414 g/mol. The van der Waals surface area contributed by atoms with E-state index in [0.29, 0.717) is 17.9 Å². The molecule has 0 spiro atoms. The van der Waals surface area contributed by atoms with Gasteiger partial charge in [0.1, 0.15) is 5.82 Å². The highest BCUT2D eigenvalue weighted by Gasteiger charge is 2.39. The van der Waals surface area contributed by atoms with Crippen molar-refractivity contribution in [1.29, 1.82) is 0 Å². The van der Waals surface area contributed by atoms with Crippen molar-refractivity contribution in [3.05, 3.63) is 64.6 Å². The second kappa shape index (κ2) is 7.40. The number of carbonyl (C=O) groups is 1. The van der Waals surface area contributed by atoms with E-state index in [-0.39, 0.29) is 29.1 Å². The fraction of sp³-hybridized carbons (Fsp3) is 0.381. The lowest BCUT2D eigenvalue weighted by Gasteiger charge is -2.40. The maximum Gasteiger partial charge on any atom is 0.254 e. The molecule has 1 aromatic heterocycles. The summed E-state index contributed by atoms with van der Waals surface area (Å²) in [6, 6.07) is 4.68. The summed E-state index contributed by atoms with van der Waals surface area (Å²) in [5.41, 5.74) is 2.22. The number of benzene rings is 1. The van der Waals surface area contributed by atoms with Crippen molar-refractivity contribution in [3.63, 3.8) is 0 Å². The highest BCUT2D eigenvalue weighted by atomic mass is 32.2. The van der Waals surface area contributed by atoms with Gasteiger partial charge in [-0.25, -0.2) is 18.7 Å². The van der Waals surface area contributed by atoms with Crippen LogP contribution in [0, 0.1) is 17.6 Å². The number of amides is 1. The Hall–Kier alpha value is -2.48. The first-order valence-electron chi connectivity index (χ1n) is 9.78. The number of halogens is 2. The summed E-state index contributed by atoms with van der Waals surface area (Å²) in [7, 11) is 0. The molecule has 0 aliphatic carbocycles.